The molecule has 29 heavy (non-hydrogen) atoms. The average molecular weight is 414 g/mol. The fraction of sp³-hybridized carbons (Fsp3) is 0.318. The van der Waals surface area contributed by atoms with Gasteiger partial charge >= 0.3 is 0 Å². The van der Waals surface area contributed by atoms with Gasteiger partial charge in [0.05, 0.1) is 6.54 Å². The summed E-state index contributed by atoms with van der Waals surface area (Å²) >= 11 is 5.83. The van der Waals surface area contributed by atoms with Gasteiger partial charge in [0.25, 0.3) is 0 Å². The molecule has 1 N–H and O–H groups in total. The van der Waals surface area contributed by atoms with Crippen molar-refractivity contribution in [1.82, 2.24) is 9.80 Å². The third-order valence-corrected chi connectivity index (χ3v) is 5.13. The molecule has 0 saturated carbocycles. The number of carbonyl (C=O) groups excluding carboxylic acids is 3. The third-order valence-electron chi connectivity index (χ3n) is 4.88. The summed E-state index contributed by atoms with van der Waals surface area (Å²) in [6.07, 6.45) is 0.371. The highest BCUT2D eigenvalue weighted by Crippen LogP contribution is 2.13. The lowest BCUT2D eigenvalue weighted by atomic mass is 10.1. The molecule has 2 aromatic carbocycles. The minimum absolute atomic E-state index is 0.0271. The number of nitrogens with zero attached hydrogens (tertiary/aromatic N) is 2. The second kappa shape index (κ2) is 10.2. The van der Waals surface area contributed by atoms with Gasteiger partial charge in [-0.05, 0) is 36.4 Å². The van der Waals surface area contributed by atoms with Crippen LogP contribution in [-0.4, -0.2) is 60.1 Å². The zero-order chi connectivity index (χ0) is 20.6. The molecule has 152 valence electrons. The first-order chi connectivity index (χ1) is 14.0. The minimum Gasteiger partial charge on any atom is -0.340 e. The Morgan fingerprint density at radius 1 is 0.862 bits per heavy atom. The van der Waals surface area contributed by atoms with Gasteiger partial charge < -0.3 is 10.2 Å². The first-order valence-corrected chi connectivity index (χ1v) is 10.0. The number of amides is 2. The Morgan fingerprint density at radius 2 is 1.52 bits per heavy atom. The van der Waals surface area contributed by atoms with Crippen LogP contribution in [0.5, 0.6) is 0 Å². The van der Waals surface area contributed by atoms with Crippen LogP contribution in [-0.2, 0) is 9.59 Å². The Balaban J connectivity index is 1.38. The van der Waals surface area contributed by atoms with Crippen LogP contribution >= 0.6 is 11.6 Å². The van der Waals surface area contributed by atoms with E-state index in [9.17, 15) is 14.4 Å². The molecular weight excluding hydrogens is 390 g/mol. The molecule has 1 fully saturated rings. The molecule has 0 spiro atoms. The van der Waals surface area contributed by atoms with Crippen molar-refractivity contribution in [3.63, 3.8) is 0 Å². The van der Waals surface area contributed by atoms with E-state index < -0.39 is 0 Å². The molecular formula is C22H24ClN3O3. The van der Waals surface area contributed by atoms with E-state index in [1.807, 2.05) is 35.2 Å². The van der Waals surface area contributed by atoms with Crippen LogP contribution in [0.2, 0.25) is 5.02 Å². The summed E-state index contributed by atoms with van der Waals surface area (Å²) in [6.45, 7) is 2.70. The van der Waals surface area contributed by atoms with E-state index in [2.05, 4.69) is 5.32 Å². The van der Waals surface area contributed by atoms with Gasteiger partial charge in [-0.3, -0.25) is 19.3 Å². The Kier molecular flexibility index (Phi) is 7.38. The summed E-state index contributed by atoms with van der Waals surface area (Å²) in [7, 11) is 0. The van der Waals surface area contributed by atoms with Gasteiger partial charge in [-0.15, -0.1) is 0 Å². The van der Waals surface area contributed by atoms with Crippen LogP contribution in [0.15, 0.2) is 54.6 Å². The van der Waals surface area contributed by atoms with Gasteiger partial charge in [0.1, 0.15) is 0 Å². The Morgan fingerprint density at radius 3 is 2.17 bits per heavy atom. The lowest BCUT2D eigenvalue weighted by molar-refractivity contribution is -0.133. The summed E-state index contributed by atoms with van der Waals surface area (Å²) in [5, 5.41) is 3.44. The van der Waals surface area contributed by atoms with Crippen molar-refractivity contribution < 1.29 is 14.4 Å². The lowest BCUT2D eigenvalue weighted by Crippen LogP contribution is -2.50. The molecule has 6 nitrogen and oxygen atoms in total. The maximum Gasteiger partial charge on any atom is 0.238 e. The molecule has 1 heterocycles. The number of ketones is 1. The van der Waals surface area contributed by atoms with E-state index in [4.69, 9.17) is 11.6 Å². The van der Waals surface area contributed by atoms with Crippen molar-refractivity contribution in [3.05, 3.63) is 65.2 Å². The maximum absolute atomic E-state index is 12.4. The molecule has 1 aliphatic heterocycles. The van der Waals surface area contributed by atoms with Crippen LogP contribution in [0.1, 0.15) is 23.2 Å². The normalized spacial score (nSPS) is 14.4. The highest BCUT2D eigenvalue weighted by Gasteiger charge is 2.23. The minimum atomic E-state index is -0.0652. The fourth-order valence-electron chi connectivity index (χ4n) is 3.24. The summed E-state index contributed by atoms with van der Waals surface area (Å²) in [5.41, 5.74) is 1.34. The van der Waals surface area contributed by atoms with Gasteiger partial charge in [0.2, 0.25) is 11.8 Å². The second-order valence-electron chi connectivity index (χ2n) is 7.00. The van der Waals surface area contributed by atoms with Crippen molar-refractivity contribution in [3.8, 4) is 0 Å². The van der Waals surface area contributed by atoms with Gasteiger partial charge in [-0.2, -0.15) is 0 Å². The first-order valence-electron chi connectivity index (χ1n) is 9.65. The van der Waals surface area contributed by atoms with Gasteiger partial charge in [-0.1, -0.05) is 29.8 Å². The molecule has 7 heteroatoms. The molecule has 1 saturated heterocycles. The van der Waals surface area contributed by atoms with Gasteiger partial charge in [-0.25, -0.2) is 0 Å². The van der Waals surface area contributed by atoms with Crippen LogP contribution in [0.3, 0.4) is 0 Å². The second-order valence-corrected chi connectivity index (χ2v) is 7.44. The lowest BCUT2D eigenvalue weighted by Gasteiger charge is -2.34. The summed E-state index contributed by atoms with van der Waals surface area (Å²) in [6, 6.07) is 16.0. The first kappa shape index (κ1) is 21.0. The largest absolute Gasteiger partial charge is 0.340 e. The number of carbonyl (C=O) groups is 3. The van der Waals surface area contributed by atoms with E-state index in [0.717, 1.165) is 5.69 Å². The number of hydrogen-bond donors (Lipinski definition) is 1. The van der Waals surface area contributed by atoms with Crippen molar-refractivity contribution in [1.29, 1.82) is 0 Å². The Labute approximate surface area is 175 Å². The van der Waals surface area contributed by atoms with Crippen molar-refractivity contribution in [2.75, 3.05) is 38.0 Å². The summed E-state index contributed by atoms with van der Waals surface area (Å²) < 4.78 is 0. The predicted molar refractivity (Wildman–Crippen MR) is 113 cm³/mol. The molecule has 2 aromatic rings. The molecule has 0 unspecified atom stereocenters. The molecule has 3 rings (SSSR count). The SMILES string of the molecule is O=C(CN1CCN(C(=O)CCC(=O)c2ccc(Cl)cc2)CC1)Nc1ccccc1. The molecule has 0 aliphatic carbocycles. The highest BCUT2D eigenvalue weighted by atomic mass is 35.5. The van der Waals surface area contributed by atoms with E-state index in [-0.39, 0.29) is 30.4 Å². The molecule has 0 atom stereocenters. The summed E-state index contributed by atoms with van der Waals surface area (Å²) in [4.78, 5) is 40.6. The van der Waals surface area contributed by atoms with E-state index >= 15 is 0 Å². The number of nitrogens with one attached hydrogen (secondary N) is 1. The smallest absolute Gasteiger partial charge is 0.238 e. The van der Waals surface area contributed by atoms with Crippen LogP contribution in [0.25, 0.3) is 0 Å². The van der Waals surface area contributed by atoms with Gasteiger partial charge in [0, 0.05) is 55.3 Å². The maximum atomic E-state index is 12.4. The number of rotatable bonds is 7. The number of benzene rings is 2. The molecule has 0 radical (unpaired) electrons. The third kappa shape index (κ3) is 6.41. The highest BCUT2D eigenvalue weighted by molar-refractivity contribution is 6.30. The van der Waals surface area contributed by atoms with E-state index in [0.29, 0.717) is 43.3 Å². The number of hydrogen-bond acceptors (Lipinski definition) is 4. The van der Waals surface area contributed by atoms with Crippen molar-refractivity contribution in [2.24, 2.45) is 0 Å². The Bertz CT molecular complexity index is 847. The van der Waals surface area contributed by atoms with Gasteiger partial charge in [0.15, 0.2) is 5.78 Å². The topological polar surface area (TPSA) is 69.7 Å². The van der Waals surface area contributed by atoms with Crippen molar-refractivity contribution in [2.45, 2.75) is 12.8 Å². The molecule has 1 aliphatic rings. The molecule has 0 bridgehead atoms. The van der Waals surface area contributed by atoms with Crippen LogP contribution in [0, 0.1) is 0 Å². The van der Waals surface area contributed by atoms with Crippen LogP contribution in [0.4, 0.5) is 5.69 Å². The van der Waals surface area contributed by atoms with E-state index in [1.165, 1.54) is 0 Å². The number of para-hydroxylation sites is 1. The van der Waals surface area contributed by atoms with Crippen LogP contribution < -0.4 is 5.32 Å². The number of piperazine rings is 1. The standard InChI is InChI=1S/C22H24ClN3O3/c23-18-8-6-17(7-9-18)20(27)10-11-22(29)26-14-12-25(13-15-26)16-21(28)24-19-4-2-1-3-5-19/h1-9H,10-16H2,(H,24,28). The quantitative estimate of drug-likeness (QED) is 0.708. The predicted octanol–water partition coefficient (Wildman–Crippen LogP) is 3.09. The van der Waals surface area contributed by atoms with Crippen molar-refractivity contribution >= 4 is 34.9 Å². The zero-order valence-corrected chi connectivity index (χ0v) is 16.9. The number of anilines is 1. The molecule has 2 amide bonds. The average Bonchev–Trinajstić information content (AvgIpc) is 2.73. The molecule has 0 aromatic heterocycles. The van der Waals surface area contributed by atoms with E-state index in [1.54, 1.807) is 29.2 Å². The fourth-order valence-corrected chi connectivity index (χ4v) is 3.37. The summed E-state index contributed by atoms with van der Waals surface area (Å²) in [5.74, 6) is -0.156. The number of Topliss-reactive ketones (excluding diaryl/α,β-unsaturated/α-hetero) is 1. The monoisotopic (exact) mass is 413 g/mol. The zero-order valence-electron chi connectivity index (χ0n) is 16.1. The Hall–Kier alpha value is -2.70. The number of halogens is 1.